The molecule has 0 bridgehead atoms. The molecule has 1 heterocycles. The largest absolute Gasteiger partial charge is 0.287 e. The normalized spacial score (nSPS) is 15.1. The van der Waals surface area contributed by atoms with E-state index in [0.29, 0.717) is 12.2 Å². The Morgan fingerprint density at radius 1 is 1.18 bits per heavy atom. The average molecular weight is 318 g/mol. The van der Waals surface area contributed by atoms with Crippen LogP contribution in [0.5, 0.6) is 0 Å². The fourth-order valence-corrected chi connectivity index (χ4v) is 3.17. The first-order chi connectivity index (χ1) is 10.5. The Hall–Kier alpha value is -1.92. The molecule has 0 amide bonds. The van der Waals surface area contributed by atoms with Gasteiger partial charge in [0.25, 0.3) is 10.1 Å². The van der Waals surface area contributed by atoms with Crippen molar-refractivity contribution in [2.45, 2.75) is 32.2 Å². The molecule has 0 saturated carbocycles. The maximum atomic E-state index is 10.9. The summed E-state index contributed by atoms with van der Waals surface area (Å²) in [6.07, 6.45) is 5.44. The van der Waals surface area contributed by atoms with Crippen LogP contribution < -0.4 is 0 Å². The van der Waals surface area contributed by atoms with Crippen LogP contribution in [0, 0.1) is 0 Å². The van der Waals surface area contributed by atoms with Crippen molar-refractivity contribution in [2.24, 2.45) is 0 Å². The van der Waals surface area contributed by atoms with E-state index >= 15 is 0 Å². The van der Waals surface area contributed by atoms with Crippen molar-refractivity contribution in [1.82, 2.24) is 9.78 Å². The van der Waals surface area contributed by atoms with E-state index in [-0.39, 0.29) is 0 Å². The summed E-state index contributed by atoms with van der Waals surface area (Å²) in [6.45, 7) is 0.670. The Morgan fingerprint density at radius 2 is 1.91 bits per heavy atom. The molecular weight excluding hydrogens is 300 g/mol. The van der Waals surface area contributed by atoms with E-state index in [1.54, 1.807) is 0 Å². The lowest BCUT2D eigenvalue weighted by molar-refractivity contribution is 0.494. The minimum absolute atomic E-state index is 0.642. The SMILES string of the molecule is O=S(=O)(O)C=Cc1nn(Cc2ccccc2)c2c1CCCC2. The van der Waals surface area contributed by atoms with Crippen LogP contribution in [0.2, 0.25) is 0 Å². The zero-order valence-corrected chi connectivity index (χ0v) is 13.0. The number of benzene rings is 1. The van der Waals surface area contributed by atoms with E-state index in [9.17, 15) is 8.42 Å². The molecule has 0 aliphatic heterocycles. The summed E-state index contributed by atoms with van der Waals surface area (Å²) in [7, 11) is -4.13. The predicted octanol–water partition coefficient (Wildman–Crippen LogP) is 2.67. The lowest BCUT2D eigenvalue weighted by Crippen LogP contribution is -2.10. The third-order valence-electron chi connectivity index (χ3n) is 3.86. The highest BCUT2D eigenvalue weighted by molar-refractivity contribution is 7.88. The third kappa shape index (κ3) is 3.45. The van der Waals surface area contributed by atoms with E-state index in [4.69, 9.17) is 4.55 Å². The van der Waals surface area contributed by atoms with Gasteiger partial charge < -0.3 is 0 Å². The Balaban J connectivity index is 1.97. The molecule has 2 aromatic rings. The summed E-state index contributed by atoms with van der Waals surface area (Å²) in [6, 6.07) is 10.0. The van der Waals surface area contributed by atoms with Crippen LogP contribution in [-0.4, -0.2) is 22.8 Å². The van der Waals surface area contributed by atoms with Gasteiger partial charge in [-0.25, -0.2) is 0 Å². The van der Waals surface area contributed by atoms with E-state index in [1.165, 1.54) is 11.8 Å². The molecule has 1 N–H and O–H groups in total. The van der Waals surface area contributed by atoms with Crippen LogP contribution in [0.1, 0.15) is 35.4 Å². The van der Waals surface area contributed by atoms with Crippen LogP contribution in [0.15, 0.2) is 35.7 Å². The number of nitrogens with zero attached hydrogens (tertiary/aromatic N) is 2. The Bertz CT molecular complexity index is 792. The molecule has 5 nitrogen and oxygen atoms in total. The second-order valence-corrected chi connectivity index (χ2v) is 6.78. The van der Waals surface area contributed by atoms with Gasteiger partial charge in [-0.15, -0.1) is 0 Å². The fourth-order valence-electron chi connectivity index (χ4n) is 2.87. The molecule has 1 aliphatic rings. The molecule has 3 rings (SSSR count). The van der Waals surface area contributed by atoms with Crippen molar-refractivity contribution >= 4 is 16.2 Å². The smallest absolute Gasteiger partial charge is 0.282 e. The van der Waals surface area contributed by atoms with Gasteiger partial charge in [-0.3, -0.25) is 9.23 Å². The molecule has 0 atom stereocenters. The van der Waals surface area contributed by atoms with Crippen LogP contribution in [-0.2, 0) is 29.5 Å². The molecule has 0 spiro atoms. The minimum atomic E-state index is -4.13. The van der Waals surface area contributed by atoms with Gasteiger partial charge in [-0.1, -0.05) is 30.3 Å². The Labute approximate surface area is 130 Å². The molecule has 1 aromatic heterocycles. The Morgan fingerprint density at radius 3 is 2.64 bits per heavy atom. The summed E-state index contributed by atoms with van der Waals surface area (Å²) in [4.78, 5) is 0. The van der Waals surface area contributed by atoms with Gasteiger partial charge in [0.05, 0.1) is 17.6 Å². The van der Waals surface area contributed by atoms with E-state index < -0.39 is 10.1 Å². The third-order valence-corrected chi connectivity index (χ3v) is 4.34. The van der Waals surface area contributed by atoms with Gasteiger partial charge in [0.15, 0.2) is 0 Å². The van der Waals surface area contributed by atoms with Crippen molar-refractivity contribution in [1.29, 1.82) is 0 Å². The summed E-state index contributed by atoms with van der Waals surface area (Å²) in [5.74, 6) is 0. The van der Waals surface area contributed by atoms with E-state index in [2.05, 4.69) is 5.10 Å². The topological polar surface area (TPSA) is 72.2 Å². The molecule has 1 aromatic carbocycles. The van der Waals surface area contributed by atoms with Crippen molar-refractivity contribution in [3.05, 3.63) is 58.3 Å². The number of hydrogen-bond acceptors (Lipinski definition) is 3. The van der Waals surface area contributed by atoms with Crippen LogP contribution in [0.3, 0.4) is 0 Å². The maximum Gasteiger partial charge on any atom is 0.287 e. The maximum absolute atomic E-state index is 10.9. The van der Waals surface area contributed by atoms with Crippen molar-refractivity contribution in [3.63, 3.8) is 0 Å². The first kappa shape index (κ1) is 15.0. The minimum Gasteiger partial charge on any atom is -0.282 e. The lowest BCUT2D eigenvalue weighted by atomic mass is 9.95. The molecule has 1 aliphatic carbocycles. The predicted molar refractivity (Wildman–Crippen MR) is 85.0 cm³/mol. The highest BCUT2D eigenvalue weighted by Crippen LogP contribution is 2.26. The molecule has 0 radical (unpaired) electrons. The molecule has 22 heavy (non-hydrogen) atoms. The fraction of sp³-hybridized carbons (Fsp3) is 0.312. The molecule has 0 unspecified atom stereocenters. The first-order valence-corrected chi connectivity index (χ1v) is 8.81. The van der Waals surface area contributed by atoms with Gasteiger partial charge >= 0.3 is 0 Å². The summed E-state index contributed by atoms with van der Waals surface area (Å²) in [5.41, 5.74) is 4.07. The quantitative estimate of drug-likeness (QED) is 0.880. The second kappa shape index (κ2) is 6.06. The summed E-state index contributed by atoms with van der Waals surface area (Å²) < 4.78 is 32.6. The van der Waals surface area contributed by atoms with Gasteiger partial charge in [-0.2, -0.15) is 13.5 Å². The molecule has 116 valence electrons. The Kier molecular flexibility index (Phi) is 4.13. The lowest BCUT2D eigenvalue weighted by Gasteiger charge is -2.14. The van der Waals surface area contributed by atoms with Crippen molar-refractivity contribution in [3.8, 4) is 0 Å². The van der Waals surface area contributed by atoms with Gasteiger partial charge in [0.2, 0.25) is 0 Å². The summed E-state index contributed by atoms with van der Waals surface area (Å²) in [5, 5.41) is 5.35. The number of rotatable bonds is 4. The van der Waals surface area contributed by atoms with Crippen molar-refractivity contribution < 1.29 is 13.0 Å². The number of hydrogen-bond donors (Lipinski definition) is 1. The molecule has 0 fully saturated rings. The monoisotopic (exact) mass is 318 g/mol. The number of fused-ring (bicyclic) bond motifs is 1. The van der Waals surface area contributed by atoms with E-state index in [0.717, 1.165) is 42.2 Å². The standard InChI is InChI=1S/C16H18N2O3S/c19-22(20,21)11-10-15-14-8-4-5-9-16(14)18(17-15)12-13-6-2-1-3-7-13/h1-3,6-7,10-11H,4-5,8-9,12H2,(H,19,20,21). The number of aromatic nitrogens is 2. The van der Waals surface area contributed by atoms with Gasteiger partial charge in [-0.05, 0) is 37.3 Å². The first-order valence-electron chi connectivity index (χ1n) is 7.31. The zero-order chi connectivity index (χ0) is 15.6. The second-order valence-electron chi connectivity index (χ2n) is 5.48. The highest BCUT2D eigenvalue weighted by Gasteiger charge is 2.19. The highest BCUT2D eigenvalue weighted by atomic mass is 32.2. The van der Waals surface area contributed by atoms with Crippen LogP contribution >= 0.6 is 0 Å². The van der Waals surface area contributed by atoms with Gasteiger partial charge in [0.1, 0.15) is 0 Å². The molecular formula is C16H18N2O3S. The molecule has 6 heteroatoms. The van der Waals surface area contributed by atoms with Crippen LogP contribution in [0.25, 0.3) is 6.08 Å². The molecule has 0 saturated heterocycles. The zero-order valence-electron chi connectivity index (χ0n) is 12.1. The van der Waals surface area contributed by atoms with E-state index in [1.807, 2.05) is 35.0 Å². The van der Waals surface area contributed by atoms with Gasteiger partial charge in [0, 0.05) is 11.3 Å². The van der Waals surface area contributed by atoms with Crippen molar-refractivity contribution in [2.75, 3.05) is 0 Å². The average Bonchev–Trinajstić information content (AvgIpc) is 2.84. The summed E-state index contributed by atoms with van der Waals surface area (Å²) >= 11 is 0. The van der Waals surface area contributed by atoms with Crippen LogP contribution in [0.4, 0.5) is 0 Å².